The van der Waals surface area contributed by atoms with Gasteiger partial charge in [-0.15, -0.1) is 0 Å². The quantitative estimate of drug-likeness (QED) is 0.754. The zero-order chi connectivity index (χ0) is 16.9. The lowest BCUT2D eigenvalue weighted by Gasteiger charge is -2.22. The fraction of sp³-hybridized carbons (Fsp3) is 0.222. The molecule has 1 atom stereocenters. The summed E-state index contributed by atoms with van der Waals surface area (Å²) in [5.41, 5.74) is 1.23. The Balaban J connectivity index is 1.73. The number of benzene rings is 1. The summed E-state index contributed by atoms with van der Waals surface area (Å²) in [7, 11) is 3.88. The van der Waals surface area contributed by atoms with Crippen LogP contribution in [-0.2, 0) is 0 Å². The molecule has 0 aliphatic heterocycles. The zero-order valence-electron chi connectivity index (χ0n) is 13.6. The Bertz CT molecular complexity index is 779. The number of nitrogens with one attached hydrogen (secondary N) is 1. The average Bonchev–Trinajstić information content (AvgIpc) is 3.27. The number of rotatable bonds is 6. The van der Waals surface area contributed by atoms with Crippen molar-refractivity contribution in [2.45, 2.75) is 6.04 Å². The van der Waals surface area contributed by atoms with Crippen LogP contribution >= 0.6 is 0 Å². The van der Waals surface area contributed by atoms with Gasteiger partial charge in [0.25, 0.3) is 5.91 Å². The maximum Gasteiger partial charge on any atom is 0.256 e. The molecule has 3 rings (SSSR count). The van der Waals surface area contributed by atoms with Crippen LogP contribution in [0.5, 0.6) is 0 Å². The van der Waals surface area contributed by atoms with Crippen molar-refractivity contribution in [3.05, 3.63) is 66.2 Å². The van der Waals surface area contributed by atoms with Gasteiger partial charge >= 0.3 is 0 Å². The predicted octanol–water partition coefficient (Wildman–Crippen LogP) is 2.97. The summed E-state index contributed by atoms with van der Waals surface area (Å²) in [4.78, 5) is 14.5. The third kappa shape index (κ3) is 3.38. The second kappa shape index (κ2) is 7.14. The Morgan fingerprint density at radius 3 is 2.67 bits per heavy atom. The molecule has 1 N–H and O–H groups in total. The van der Waals surface area contributed by atoms with Gasteiger partial charge in [0.15, 0.2) is 5.76 Å². The molecule has 2 aromatic heterocycles. The number of likely N-dealkylation sites (N-methyl/N-ethyl adjacent to an activating group) is 1. The number of hydrogen-bond acceptors (Lipinski definition) is 5. The van der Waals surface area contributed by atoms with E-state index >= 15 is 0 Å². The first-order valence-corrected chi connectivity index (χ1v) is 7.65. The molecule has 0 aliphatic carbocycles. The van der Waals surface area contributed by atoms with E-state index < -0.39 is 0 Å². The summed E-state index contributed by atoms with van der Waals surface area (Å²) in [5.74, 6) is 1.04. The molecule has 0 saturated heterocycles. The molecule has 0 bridgehead atoms. The van der Waals surface area contributed by atoms with Crippen LogP contribution in [0.2, 0.25) is 0 Å². The number of carbonyl (C=O) groups is 1. The van der Waals surface area contributed by atoms with Gasteiger partial charge in [-0.2, -0.15) is 0 Å². The lowest BCUT2D eigenvalue weighted by atomic mass is 10.1. The fourth-order valence-corrected chi connectivity index (χ4v) is 2.50. The van der Waals surface area contributed by atoms with Crippen molar-refractivity contribution in [3.8, 4) is 11.3 Å². The van der Waals surface area contributed by atoms with Gasteiger partial charge in [0, 0.05) is 12.1 Å². The van der Waals surface area contributed by atoms with E-state index in [1.807, 2.05) is 61.5 Å². The van der Waals surface area contributed by atoms with E-state index in [1.54, 1.807) is 6.26 Å². The fourth-order valence-electron chi connectivity index (χ4n) is 2.50. The van der Waals surface area contributed by atoms with Gasteiger partial charge in [-0.3, -0.25) is 9.69 Å². The smallest absolute Gasteiger partial charge is 0.256 e. The first-order valence-electron chi connectivity index (χ1n) is 7.65. The molecular weight excluding hydrogens is 306 g/mol. The van der Waals surface area contributed by atoms with Gasteiger partial charge in [0.1, 0.15) is 11.3 Å². The molecule has 0 saturated carbocycles. The average molecular weight is 325 g/mol. The highest BCUT2D eigenvalue weighted by atomic mass is 16.5. The van der Waals surface area contributed by atoms with Gasteiger partial charge in [0.05, 0.1) is 18.5 Å². The second-order valence-electron chi connectivity index (χ2n) is 5.64. The largest absolute Gasteiger partial charge is 0.468 e. The minimum atomic E-state index is -0.228. The molecule has 6 nitrogen and oxygen atoms in total. The molecule has 1 amide bonds. The minimum Gasteiger partial charge on any atom is -0.468 e. The summed E-state index contributed by atoms with van der Waals surface area (Å²) in [6.07, 6.45) is 3.07. The Labute approximate surface area is 140 Å². The van der Waals surface area contributed by atoms with Crippen LogP contribution in [0.1, 0.15) is 22.2 Å². The van der Waals surface area contributed by atoms with Crippen molar-refractivity contribution in [1.82, 2.24) is 15.4 Å². The van der Waals surface area contributed by atoms with Gasteiger partial charge < -0.3 is 14.3 Å². The van der Waals surface area contributed by atoms with Crippen LogP contribution < -0.4 is 5.32 Å². The lowest BCUT2D eigenvalue weighted by Crippen LogP contribution is -2.34. The van der Waals surface area contributed by atoms with E-state index in [-0.39, 0.29) is 11.9 Å². The minimum absolute atomic E-state index is 0.0519. The molecule has 2 heterocycles. The predicted molar refractivity (Wildman–Crippen MR) is 89.4 cm³/mol. The molecule has 0 aliphatic rings. The Morgan fingerprint density at radius 1 is 1.21 bits per heavy atom. The monoisotopic (exact) mass is 325 g/mol. The van der Waals surface area contributed by atoms with Crippen molar-refractivity contribution in [2.75, 3.05) is 20.6 Å². The zero-order valence-corrected chi connectivity index (χ0v) is 13.6. The maximum atomic E-state index is 12.5. The third-order valence-electron chi connectivity index (χ3n) is 3.80. The van der Waals surface area contributed by atoms with Gasteiger partial charge in [0.2, 0.25) is 0 Å². The Kier molecular flexibility index (Phi) is 4.77. The number of hydrogen-bond donors (Lipinski definition) is 1. The van der Waals surface area contributed by atoms with E-state index in [1.165, 1.54) is 6.20 Å². The number of furan rings is 1. The summed E-state index contributed by atoms with van der Waals surface area (Å²) >= 11 is 0. The van der Waals surface area contributed by atoms with E-state index in [2.05, 4.69) is 10.5 Å². The maximum absolute atomic E-state index is 12.5. The molecule has 1 aromatic carbocycles. The van der Waals surface area contributed by atoms with Crippen molar-refractivity contribution in [1.29, 1.82) is 0 Å². The summed E-state index contributed by atoms with van der Waals surface area (Å²) < 4.78 is 10.7. The first kappa shape index (κ1) is 16.0. The SMILES string of the molecule is CN(C)[C@H](CNC(=O)c1cnoc1-c1ccccc1)c1ccco1. The van der Waals surface area contributed by atoms with Crippen LogP contribution in [0.15, 0.2) is 63.9 Å². The molecule has 6 heteroatoms. The lowest BCUT2D eigenvalue weighted by molar-refractivity contribution is 0.0939. The molecule has 124 valence electrons. The Morgan fingerprint density at radius 2 is 2.00 bits per heavy atom. The second-order valence-corrected chi connectivity index (χ2v) is 5.64. The topological polar surface area (TPSA) is 71.5 Å². The number of nitrogens with zero attached hydrogens (tertiary/aromatic N) is 2. The van der Waals surface area contributed by atoms with E-state index in [0.29, 0.717) is 17.9 Å². The van der Waals surface area contributed by atoms with Crippen LogP contribution in [0.25, 0.3) is 11.3 Å². The van der Waals surface area contributed by atoms with E-state index in [4.69, 9.17) is 8.94 Å². The highest BCUT2D eigenvalue weighted by Gasteiger charge is 2.21. The van der Waals surface area contributed by atoms with Crippen LogP contribution in [-0.4, -0.2) is 36.6 Å². The normalized spacial score (nSPS) is 12.3. The van der Waals surface area contributed by atoms with Gasteiger partial charge in [-0.25, -0.2) is 0 Å². The van der Waals surface area contributed by atoms with Gasteiger partial charge in [-0.05, 0) is 26.2 Å². The molecular formula is C18H19N3O3. The highest BCUT2D eigenvalue weighted by Crippen LogP contribution is 2.23. The number of aromatic nitrogens is 1. The highest BCUT2D eigenvalue weighted by molar-refractivity contribution is 5.99. The summed E-state index contributed by atoms with van der Waals surface area (Å²) in [5, 5.41) is 6.69. The standard InChI is InChI=1S/C18H19N3O3/c1-21(2)15(16-9-6-10-23-16)12-19-18(22)14-11-20-24-17(14)13-7-4-3-5-8-13/h3-11,15H,12H2,1-2H3,(H,19,22)/t15-/m1/s1. The summed E-state index contributed by atoms with van der Waals surface area (Å²) in [6.45, 7) is 0.415. The third-order valence-corrected chi connectivity index (χ3v) is 3.80. The summed E-state index contributed by atoms with van der Waals surface area (Å²) in [6, 6.07) is 13.1. The number of carbonyl (C=O) groups excluding carboxylic acids is 1. The van der Waals surface area contributed by atoms with E-state index in [9.17, 15) is 4.79 Å². The van der Waals surface area contributed by atoms with Crippen molar-refractivity contribution < 1.29 is 13.7 Å². The van der Waals surface area contributed by atoms with Crippen LogP contribution in [0, 0.1) is 0 Å². The molecule has 3 aromatic rings. The molecule has 0 fully saturated rings. The van der Waals surface area contributed by atoms with Crippen molar-refractivity contribution in [3.63, 3.8) is 0 Å². The molecule has 0 spiro atoms. The first-order chi connectivity index (χ1) is 11.7. The van der Waals surface area contributed by atoms with Crippen molar-refractivity contribution >= 4 is 5.91 Å². The van der Waals surface area contributed by atoms with E-state index in [0.717, 1.165) is 11.3 Å². The van der Waals surface area contributed by atoms with Crippen LogP contribution in [0.3, 0.4) is 0 Å². The molecule has 0 unspecified atom stereocenters. The number of amides is 1. The van der Waals surface area contributed by atoms with Crippen LogP contribution in [0.4, 0.5) is 0 Å². The van der Waals surface area contributed by atoms with Crippen molar-refractivity contribution in [2.24, 2.45) is 0 Å². The molecule has 0 radical (unpaired) electrons. The Hall–Kier alpha value is -2.86. The van der Waals surface area contributed by atoms with Gasteiger partial charge in [-0.1, -0.05) is 35.5 Å². The molecule has 24 heavy (non-hydrogen) atoms.